The molecular formula is C26H25N3O2. The third-order valence-corrected chi connectivity index (χ3v) is 5.90. The van der Waals surface area contributed by atoms with E-state index >= 15 is 0 Å². The normalized spacial score (nSPS) is 15.6. The fourth-order valence-corrected chi connectivity index (χ4v) is 4.40. The zero-order chi connectivity index (χ0) is 21.0. The summed E-state index contributed by atoms with van der Waals surface area (Å²) in [6.07, 6.45) is 7.24. The van der Waals surface area contributed by atoms with Crippen molar-refractivity contribution in [3.8, 4) is 0 Å². The van der Waals surface area contributed by atoms with Gasteiger partial charge in [-0.1, -0.05) is 42.8 Å². The minimum absolute atomic E-state index is 0.104. The van der Waals surface area contributed by atoms with Crippen molar-refractivity contribution >= 4 is 22.6 Å². The van der Waals surface area contributed by atoms with Crippen LogP contribution in [0.25, 0.3) is 11.0 Å². The van der Waals surface area contributed by atoms with Crippen molar-refractivity contribution in [3.63, 3.8) is 0 Å². The molecule has 1 aliphatic rings. The molecule has 5 rings (SSSR count). The van der Waals surface area contributed by atoms with Crippen LogP contribution in [0.15, 0.2) is 83.5 Å². The third kappa shape index (κ3) is 3.97. The number of likely N-dealkylation sites (tertiary alicyclic amines) is 1. The maximum atomic E-state index is 13.1. The number of hydrogen-bond acceptors (Lipinski definition) is 4. The molecule has 1 unspecified atom stereocenters. The number of benzene rings is 2. The minimum Gasteiger partial charge on any atom is -0.457 e. The van der Waals surface area contributed by atoms with Crippen LogP contribution in [0.1, 0.15) is 47.0 Å². The molecule has 0 radical (unpaired) electrons. The summed E-state index contributed by atoms with van der Waals surface area (Å²) in [4.78, 5) is 19.9. The summed E-state index contributed by atoms with van der Waals surface area (Å²) >= 11 is 0. The second-order valence-corrected chi connectivity index (χ2v) is 7.94. The zero-order valence-electron chi connectivity index (χ0n) is 17.3. The van der Waals surface area contributed by atoms with E-state index in [-0.39, 0.29) is 11.9 Å². The molecule has 1 atom stereocenters. The quantitative estimate of drug-likeness (QED) is 0.461. The van der Waals surface area contributed by atoms with Gasteiger partial charge in [0.2, 0.25) is 0 Å². The van der Waals surface area contributed by atoms with E-state index in [2.05, 4.69) is 21.3 Å². The molecule has 1 saturated heterocycles. The highest BCUT2D eigenvalue weighted by atomic mass is 16.3. The lowest BCUT2D eigenvalue weighted by molar-refractivity contribution is 0.102. The van der Waals surface area contributed by atoms with E-state index in [1.165, 1.54) is 6.42 Å². The molecule has 156 valence electrons. The molecule has 2 aromatic heterocycles. The van der Waals surface area contributed by atoms with E-state index < -0.39 is 0 Å². The summed E-state index contributed by atoms with van der Waals surface area (Å²) in [5.41, 5.74) is 3.20. The molecule has 1 N–H and O–H groups in total. The van der Waals surface area contributed by atoms with Gasteiger partial charge in [0.25, 0.3) is 5.91 Å². The highest BCUT2D eigenvalue weighted by Crippen LogP contribution is 2.41. The van der Waals surface area contributed by atoms with Crippen LogP contribution in [-0.4, -0.2) is 28.9 Å². The van der Waals surface area contributed by atoms with Gasteiger partial charge >= 0.3 is 0 Å². The molecule has 0 aliphatic carbocycles. The maximum Gasteiger partial charge on any atom is 0.255 e. The van der Waals surface area contributed by atoms with Crippen molar-refractivity contribution in [1.29, 1.82) is 0 Å². The first kappa shape index (κ1) is 19.5. The van der Waals surface area contributed by atoms with E-state index in [1.54, 1.807) is 6.20 Å². The fraction of sp³-hybridized carbons (Fsp3) is 0.231. The monoisotopic (exact) mass is 411 g/mol. The number of anilines is 1. The Kier molecular flexibility index (Phi) is 5.50. The molecule has 5 heteroatoms. The van der Waals surface area contributed by atoms with Gasteiger partial charge in [-0.3, -0.25) is 14.7 Å². The molecule has 31 heavy (non-hydrogen) atoms. The van der Waals surface area contributed by atoms with Crippen LogP contribution in [0.2, 0.25) is 0 Å². The van der Waals surface area contributed by atoms with Crippen molar-refractivity contribution < 1.29 is 9.21 Å². The lowest BCUT2D eigenvalue weighted by Crippen LogP contribution is -2.34. The smallest absolute Gasteiger partial charge is 0.255 e. The van der Waals surface area contributed by atoms with Crippen LogP contribution in [0.4, 0.5) is 5.69 Å². The van der Waals surface area contributed by atoms with Crippen molar-refractivity contribution in [3.05, 3.63) is 96.0 Å². The molecule has 5 nitrogen and oxygen atoms in total. The lowest BCUT2D eigenvalue weighted by Gasteiger charge is -2.34. The first-order valence-electron chi connectivity index (χ1n) is 10.8. The summed E-state index contributed by atoms with van der Waals surface area (Å²) in [6, 6.07) is 21.1. The number of rotatable bonds is 5. The Labute approximate surface area is 181 Å². The molecule has 4 aromatic rings. The van der Waals surface area contributed by atoms with Gasteiger partial charge in [0.15, 0.2) is 5.76 Å². The molecule has 2 aromatic carbocycles. The highest BCUT2D eigenvalue weighted by molar-refractivity contribution is 6.09. The first-order valence-corrected chi connectivity index (χ1v) is 10.8. The van der Waals surface area contributed by atoms with Gasteiger partial charge in [-0.05, 0) is 61.8 Å². The number of nitrogens with zero attached hydrogens (tertiary/aromatic N) is 2. The van der Waals surface area contributed by atoms with E-state index in [0.717, 1.165) is 53.9 Å². The summed E-state index contributed by atoms with van der Waals surface area (Å²) in [6.45, 7) is 1.98. The second-order valence-electron chi connectivity index (χ2n) is 7.94. The number of nitrogens with one attached hydrogen (secondary N) is 1. The molecule has 1 amide bonds. The molecule has 0 spiro atoms. The number of carbonyl (C=O) groups excluding carboxylic acids is 1. The van der Waals surface area contributed by atoms with Crippen molar-refractivity contribution in [2.45, 2.75) is 25.3 Å². The Balaban J connectivity index is 1.63. The van der Waals surface area contributed by atoms with Crippen LogP contribution < -0.4 is 5.32 Å². The molecular weight excluding hydrogens is 386 g/mol. The number of carbonyl (C=O) groups is 1. The molecule has 1 aliphatic heterocycles. The van der Waals surface area contributed by atoms with Gasteiger partial charge in [0.1, 0.15) is 5.58 Å². The van der Waals surface area contributed by atoms with Crippen molar-refractivity contribution in [2.75, 3.05) is 18.4 Å². The van der Waals surface area contributed by atoms with Crippen LogP contribution in [0, 0.1) is 0 Å². The Morgan fingerprint density at radius 2 is 1.71 bits per heavy atom. The molecule has 1 fully saturated rings. The number of piperidine rings is 1. The van der Waals surface area contributed by atoms with Gasteiger partial charge < -0.3 is 9.73 Å². The van der Waals surface area contributed by atoms with E-state index in [0.29, 0.717) is 5.56 Å². The highest BCUT2D eigenvalue weighted by Gasteiger charge is 2.31. The van der Waals surface area contributed by atoms with E-state index in [1.807, 2.05) is 66.9 Å². The van der Waals surface area contributed by atoms with E-state index in [9.17, 15) is 4.79 Å². The van der Waals surface area contributed by atoms with Gasteiger partial charge in [-0.25, -0.2) is 0 Å². The number of hydrogen-bond donors (Lipinski definition) is 1. The Bertz CT molecular complexity index is 1170. The molecule has 0 saturated carbocycles. The van der Waals surface area contributed by atoms with Gasteiger partial charge in [0.05, 0.1) is 11.7 Å². The average Bonchev–Trinajstić information content (AvgIpc) is 3.19. The lowest BCUT2D eigenvalue weighted by atomic mass is 9.99. The number of para-hydroxylation sites is 1. The van der Waals surface area contributed by atoms with Gasteiger partial charge in [-0.15, -0.1) is 0 Å². The minimum atomic E-state index is -0.142. The number of amides is 1. The SMILES string of the molecule is O=C(Nc1c(C(c2cccnc2)N2CCCCC2)oc2ccccc12)c1ccccc1. The summed E-state index contributed by atoms with van der Waals surface area (Å²) in [7, 11) is 0. The van der Waals surface area contributed by atoms with Crippen LogP contribution in [0.3, 0.4) is 0 Å². The van der Waals surface area contributed by atoms with Crippen molar-refractivity contribution in [2.24, 2.45) is 0 Å². The zero-order valence-corrected chi connectivity index (χ0v) is 17.3. The topological polar surface area (TPSA) is 58.4 Å². The largest absolute Gasteiger partial charge is 0.457 e. The predicted molar refractivity (Wildman–Crippen MR) is 122 cm³/mol. The second kappa shape index (κ2) is 8.74. The van der Waals surface area contributed by atoms with Crippen LogP contribution in [-0.2, 0) is 0 Å². The average molecular weight is 412 g/mol. The molecule has 3 heterocycles. The maximum absolute atomic E-state index is 13.1. The summed E-state index contributed by atoms with van der Waals surface area (Å²) < 4.78 is 6.42. The third-order valence-electron chi connectivity index (χ3n) is 5.90. The fourth-order valence-electron chi connectivity index (χ4n) is 4.40. The van der Waals surface area contributed by atoms with Gasteiger partial charge in [0, 0.05) is 23.3 Å². The Morgan fingerprint density at radius 1 is 0.935 bits per heavy atom. The van der Waals surface area contributed by atoms with E-state index in [4.69, 9.17) is 4.42 Å². The van der Waals surface area contributed by atoms with Crippen LogP contribution >= 0.6 is 0 Å². The van der Waals surface area contributed by atoms with Gasteiger partial charge in [-0.2, -0.15) is 0 Å². The predicted octanol–water partition coefficient (Wildman–Crippen LogP) is 5.66. The van der Waals surface area contributed by atoms with Crippen molar-refractivity contribution in [1.82, 2.24) is 9.88 Å². The Hall–Kier alpha value is -3.44. The Morgan fingerprint density at radius 3 is 2.48 bits per heavy atom. The molecule has 0 bridgehead atoms. The standard InChI is InChI=1S/C26H25N3O2/c30-26(19-10-3-1-4-11-19)28-23-21-13-5-6-14-22(21)31-25(23)24(20-12-9-15-27-18-20)29-16-7-2-8-17-29/h1,3-6,9-15,18,24H,2,7-8,16-17H2,(H,28,30). The van der Waals surface area contributed by atoms with Crippen LogP contribution in [0.5, 0.6) is 0 Å². The summed E-state index contributed by atoms with van der Waals surface area (Å²) in [5.74, 6) is 0.623. The number of fused-ring (bicyclic) bond motifs is 1. The summed E-state index contributed by atoms with van der Waals surface area (Å²) in [5, 5.41) is 4.07. The number of furan rings is 1. The first-order chi connectivity index (χ1) is 15.3. The number of pyridine rings is 1. The number of aromatic nitrogens is 1.